The fourth-order valence-electron chi connectivity index (χ4n) is 1.48. The minimum absolute atomic E-state index is 0.0842. The topological polar surface area (TPSA) is 72.2 Å². The van der Waals surface area contributed by atoms with Crippen LogP contribution in [0.2, 0.25) is 10.0 Å². The molecule has 3 N–H and O–H groups in total. The second-order valence-corrected chi connectivity index (χ2v) is 6.94. The zero-order valence-electron chi connectivity index (χ0n) is 10.2. The Kier molecular flexibility index (Phi) is 6.01. The Morgan fingerprint density at radius 2 is 2.11 bits per heavy atom. The number of hydrogen-bond donors (Lipinski definition) is 2. The summed E-state index contributed by atoms with van der Waals surface area (Å²) in [5.41, 5.74) is 5.52. The van der Waals surface area contributed by atoms with E-state index in [4.69, 9.17) is 41.2 Å². The van der Waals surface area contributed by atoms with E-state index in [1.807, 2.05) is 6.92 Å². The van der Waals surface area contributed by atoms with Crippen LogP contribution in [0.25, 0.3) is 0 Å². The highest BCUT2D eigenvalue weighted by Gasteiger charge is 2.23. The average Bonchev–Trinajstić information content (AvgIpc) is 2.31. The maximum Gasteiger partial charge on any atom is 0.242 e. The van der Waals surface area contributed by atoms with Crippen molar-refractivity contribution in [2.45, 2.75) is 30.7 Å². The Balaban J connectivity index is 3.10. The van der Waals surface area contributed by atoms with Gasteiger partial charge in [-0.25, -0.2) is 13.1 Å². The summed E-state index contributed by atoms with van der Waals surface area (Å²) in [5.74, 6) is 0. The van der Waals surface area contributed by atoms with Crippen LogP contribution in [-0.2, 0) is 10.0 Å². The van der Waals surface area contributed by atoms with Gasteiger partial charge >= 0.3 is 0 Å². The van der Waals surface area contributed by atoms with Crippen LogP contribution in [-0.4, -0.2) is 19.4 Å². The largest absolute Gasteiger partial charge is 0.392 e. The molecule has 0 aliphatic rings. The first-order valence-corrected chi connectivity index (χ1v) is 8.19. The summed E-state index contributed by atoms with van der Waals surface area (Å²) in [4.78, 5) is 0.0163. The van der Waals surface area contributed by atoms with E-state index in [1.165, 1.54) is 18.2 Å². The van der Waals surface area contributed by atoms with Crippen LogP contribution >= 0.6 is 35.4 Å². The molecular weight excluding hydrogens is 327 g/mol. The Morgan fingerprint density at radius 3 is 2.63 bits per heavy atom. The number of thiocarbonyl (C=S) groups is 1. The van der Waals surface area contributed by atoms with Gasteiger partial charge in [0.05, 0.1) is 16.1 Å². The van der Waals surface area contributed by atoms with Gasteiger partial charge in [0.1, 0.15) is 4.90 Å². The SMILES string of the molecule is CCCC(NS(=O)(=O)c1cc(Cl)ccc1Cl)C(N)=S. The minimum atomic E-state index is -3.81. The summed E-state index contributed by atoms with van der Waals surface area (Å²) in [6.07, 6.45) is 1.26. The van der Waals surface area contributed by atoms with E-state index in [2.05, 4.69) is 4.72 Å². The Bertz CT molecular complexity index is 576. The molecule has 0 bridgehead atoms. The minimum Gasteiger partial charge on any atom is -0.392 e. The van der Waals surface area contributed by atoms with Crippen molar-refractivity contribution >= 4 is 50.4 Å². The van der Waals surface area contributed by atoms with Crippen LogP contribution in [0.3, 0.4) is 0 Å². The first-order chi connectivity index (χ1) is 8.77. The van der Waals surface area contributed by atoms with Crippen molar-refractivity contribution in [1.29, 1.82) is 0 Å². The molecule has 8 heteroatoms. The summed E-state index contributed by atoms with van der Waals surface area (Å²) in [5, 5.41) is 0.377. The maximum atomic E-state index is 12.2. The summed E-state index contributed by atoms with van der Waals surface area (Å²) in [6.45, 7) is 1.91. The predicted molar refractivity (Wildman–Crippen MR) is 82.3 cm³/mol. The van der Waals surface area contributed by atoms with Crippen molar-refractivity contribution in [2.75, 3.05) is 0 Å². The summed E-state index contributed by atoms with van der Waals surface area (Å²) < 4.78 is 26.9. The highest BCUT2D eigenvalue weighted by molar-refractivity contribution is 7.89. The quantitative estimate of drug-likeness (QED) is 0.781. The average molecular weight is 341 g/mol. The first-order valence-electron chi connectivity index (χ1n) is 5.54. The van der Waals surface area contributed by atoms with Crippen LogP contribution in [0.15, 0.2) is 23.1 Å². The van der Waals surface area contributed by atoms with Crippen LogP contribution in [0.5, 0.6) is 0 Å². The van der Waals surface area contributed by atoms with Crippen molar-refractivity contribution in [1.82, 2.24) is 4.72 Å². The molecular formula is C11H14Cl2N2O2S2. The van der Waals surface area contributed by atoms with Gasteiger partial charge in [-0.3, -0.25) is 0 Å². The molecule has 0 saturated carbocycles. The monoisotopic (exact) mass is 340 g/mol. The molecule has 1 atom stereocenters. The van der Waals surface area contributed by atoms with E-state index in [0.717, 1.165) is 6.42 Å². The van der Waals surface area contributed by atoms with Crippen LogP contribution < -0.4 is 10.5 Å². The lowest BCUT2D eigenvalue weighted by Crippen LogP contribution is -2.43. The molecule has 19 heavy (non-hydrogen) atoms. The second kappa shape index (κ2) is 6.85. The summed E-state index contributed by atoms with van der Waals surface area (Å²) in [6, 6.07) is 3.63. The smallest absolute Gasteiger partial charge is 0.242 e. The maximum absolute atomic E-state index is 12.2. The Morgan fingerprint density at radius 1 is 1.47 bits per heavy atom. The molecule has 0 radical (unpaired) electrons. The van der Waals surface area contributed by atoms with E-state index in [0.29, 0.717) is 6.42 Å². The number of sulfonamides is 1. The third kappa shape index (κ3) is 4.57. The lowest BCUT2D eigenvalue weighted by Gasteiger charge is -2.17. The van der Waals surface area contributed by atoms with E-state index < -0.39 is 16.1 Å². The third-order valence-corrected chi connectivity index (χ3v) is 4.87. The van der Waals surface area contributed by atoms with Crippen molar-refractivity contribution in [2.24, 2.45) is 5.73 Å². The van der Waals surface area contributed by atoms with E-state index in [9.17, 15) is 8.42 Å². The molecule has 0 saturated heterocycles. The second-order valence-electron chi connectivity index (χ2n) is 3.94. The lowest BCUT2D eigenvalue weighted by atomic mass is 10.2. The highest BCUT2D eigenvalue weighted by atomic mass is 35.5. The fraction of sp³-hybridized carbons (Fsp3) is 0.364. The van der Waals surface area contributed by atoms with Crippen LogP contribution in [0, 0.1) is 0 Å². The highest BCUT2D eigenvalue weighted by Crippen LogP contribution is 2.25. The molecule has 1 rings (SSSR count). The first kappa shape index (κ1) is 16.7. The zero-order chi connectivity index (χ0) is 14.6. The molecule has 0 fully saturated rings. The fourth-order valence-corrected chi connectivity index (χ4v) is 3.75. The third-order valence-electron chi connectivity index (χ3n) is 2.40. The van der Waals surface area contributed by atoms with Gasteiger partial charge < -0.3 is 5.73 Å². The number of nitrogens with one attached hydrogen (secondary N) is 1. The van der Waals surface area contributed by atoms with Crippen molar-refractivity contribution in [3.63, 3.8) is 0 Å². The molecule has 1 unspecified atom stereocenters. The van der Waals surface area contributed by atoms with Gasteiger partial charge in [-0.2, -0.15) is 0 Å². The Labute approximate surface area is 128 Å². The zero-order valence-corrected chi connectivity index (χ0v) is 13.3. The number of hydrogen-bond acceptors (Lipinski definition) is 3. The number of benzene rings is 1. The van der Waals surface area contributed by atoms with E-state index in [-0.39, 0.29) is 19.9 Å². The molecule has 0 aliphatic carbocycles. The molecule has 0 amide bonds. The van der Waals surface area contributed by atoms with Crippen LogP contribution in [0.1, 0.15) is 19.8 Å². The van der Waals surface area contributed by atoms with Crippen molar-refractivity contribution in [3.05, 3.63) is 28.2 Å². The van der Waals surface area contributed by atoms with E-state index in [1.54, 1.807) is 0 Å². The van der Waals surface area contributed by atoms with Crippen LogP contribution in [0.4, 0.5) is 0 Å². The summed E-state index contributed by atoms with van der Waals surface area (Å²) in [7, 11) is -3.81. The lowest BCUT2D eigenvalue weighted by molar-refractivity contribution is 0.567. The van der Waals surface area contributed by atoms with Crippen molar-refractivity contribution in [3.8, 4) is 0 Å². The molecule has 0 aromatic heterocycles. The standard InChI is InChI=1S/C11H14Cl2N2O2S2/c1-2-3-9(11(14)18)15-19(16,17)10-6-7(12)4-5-8(10)13/h4-6,9,15H,2-3H2,1H3,(H2,14,18). The number of halogens is 2. The van der Waals surface area contributed by atoms with Crippen molar-refractivity contribution < 1.29 is 8.42 Å². The van der Waals surface area contributed by atoms with Gasteiger partial charge in [-0.15, -0.1) is 0 Å². The van der Waals surface area contributed by atoms with Gasteiger partial charge in [0, 0.05) is 5.02 Å². The van der Waals surface area contributed by atoms with Gasteiger partial charge in [0.15, 0.2) is 0 Å². The normalized spacial score (nSPS) is 13.2. The molecule has 0 heterocycles. The molecule has 0 spiro atoms. The van der Waals surface area contributed by atoms with Gasteiger partial charge in [0.25, 0.3) is 0 Å². The molecule has 4 nitrogen and oxygen atoms in total. The van der Waals surface area contributed by atoms with Gasteiger partial charge in [0.2, 0.25) is 10.0 Å². The summed E-state index contributed by atoms with van der Waals surface area (Å²) >= 11 is 16.5. The predicted octanol–water partition coefficient (Wildman–Crippen LogP) is 2.73. The van der Waals surface area contributed by atoms with Gasteiger partial charge in [-0.1, -0.05) is 48.8 Å². The molecule has 1 aromatic carbocycles. The number of rotatable bonds is 6. The number of nitrogens with two attached hydrogens (primary N) is 1. The molecule has 1 aromatic rings. The van der Waals surface area contributed by atoms with Gasteiger partial charge in [-0.05, 0) is 24.6 Å². The molecule has 106 valence electrons. The van der Waals surface area contributed by atoms with E-state index >= 15 is 0 Å². The Hall–Kier alpha value is -0.400. The molecule has 0 aliphatic heterocycles.